The lowest BCUT2D eigenvalue weighted by Crippen LogP contribution is -2.56. The lowest BCUT2D eigenvalue weighted by molar-refractivity contribution is -0.142. The van der Waals surface area contributed by atoms with Gasteiger partial charge in [0.15, 0.2) is 0 Å². The minimum atomic E-state index is -0.849. The fraction of sp³-hybridized carbons (Fsp3) is 0.714. The van der Waals surface area contributed by atoms with E-state index in [9.17, 15) is 9.90 Å². The predicted octanol–water partition coefficient (Wildman–Crippen LogP) is 2.69. The van der Waals surface area contributed by atoms with Crippen molar-refractivity contribution in [2.75, 3.05) is 6.54 Å². The van der Waals surface area contributed by atoms with Crippen LogP contribution in [0.3, 0.4) is 0 Å². The van der Waals surface area contributed by atoms with E-state index >= 15 is 0 Å². The topological polar surface area (TPSA) is 56.7 Å². The zero-order chi connectivity index (χ0) is 18.3. The van der Waals surface area contributed by atoms with E-state index in [-0.39, 0.29) is 18.0 Å². The van der Waals surface area contributed by atoms with E-state index in [1.807, 2.05) is 18.2 Å². The third-order valence-corrected chi connectivity index (χ3v) is 6.86. The third-order valence-electron chi connectivity index (χ3n) is 6.86. The molecule has 0 spiro atoms. The van der Waals surface area contributed by atoms with Crippen LogP contribution in [0.4, 0.5) is 0 Å². The average molecular weight is 357 g/mol. The zero-order valence-electron chi connectivity index (χ0n) is 16.0. The number of piperidine rings is 2. The first kappa shape index (κ1) is 17.9. The molecule has 3 fully saturated rings. The van der Waals surface area contributed by atoms with Crippen LogP contribution in [-0.4, -0.2) is 56.5 Å². The van der Waals surface area contributed by atoms with Crippen LogP contribution in [-0.2, 0) is 10.4 Å². The van der Waals surface area contributed by atoms with Gasteiger partial charge >= 0.3 is 0 Å². The first-order valence-electron chi connectivity index (χ1n) is 10.2. The first-order chi connectivity index (χ1) is 12.5. The number of aromatic nitrogens is 1. The zero-order valence-corrected chi connectivity index (χ0v) is 16.0. The Labute approximate surface area is 156 Å². The maximum Gasteiger partial charge on any atom is 0.237 e. The van der Waals surface area contributed by atoms with Gasteiger partial charge in [-0.15, -0.1) is 0 Å². The molecule has 5 heteroatoms. The minimum Gasteiger partial charge on any atom is -0.383 e. The number of amides is 1. The molecule has 1 aromatic heterocycles. The van der Waals surface area contributed by atoms with Gasteiger partial charge in [0.2, 0.25) is 5.91 Å². The molecule has 1 aromatic rings. The van der Waals surface area contributed by atoms with Crippen molar-refractivity contribution in [2.24, 2.45) is 0 Å². The van der Waals surface area contributed by atoms with Crippen molar-refractivity contribution in [3.63, 3.8) is 0 Å². The predicted molar refractivity (Wildman–Crippen MR) is 101 cm³/mol. The highest BCUT2D eigenvalue weighted by Crippen LogP contribution is 2.45. The summed E-state index contributed by atoms with van der Waals surface area (Å²) >= 11 is 0. The molecule has 142 valence electrons. The van der Waals surface area contributed by atoms with Crippen molar-refractivity contribution >= 4 is 5.91 Å². The third kappa shape index (κ3) is 3.16. The molecule has 4 rings (SSSR count). The van der Waals surface area contributed by atoms with Crippen LogP contribution in [0.5, 0.6) is 0 Å². The Hall–Kier alpha value is -1.46. The van der Waals surface area contributed by atoms with Gasteiger partial charge in [-0.05, 0) is 70.9 Å². The summed E-state index contributed by atoms with van der Waals surface area (Å²) in [7, 11) is 0. The van der Waals surface area contributed by atoms with Gasteiger partial charge in [0, 0.05) is 30.4 Å². The minimum absolute atomic E-state index is 0.268. The van der Waals surface area contributed by atoms with Crippen molar-refractivity contribution in [3.8, 4) is 0 Å². The standard InChI is InChI=1S/C21H31N3O2/c1-15-6-5-7-16(2)24(15)20(25)14-23-17-9-10-18(23)13-21(26,12-17)19-8-3-4-11-22-19/h3-4,8,11,15-18,26H,5-7,9-10,12-14H2,1-2H3/t15-,16-,17+,18+/m1/s1. The average Bonchev–Trinajstić information content (AvgIpc) is 2.86. The number of rotatable bonds is 3. The number of hydrogen-bond acceptors (Lipinski definition) is 4. The molecule has 3 saturated heterocycles. The maximum atomic E-state index is 13.0. The Morgan fingerprint density at radius 2 is 1.81 bits per heavy atom. The molecule has 1 N–H and O–H groups in total. The molecule has 3 aliphatic heterocycles. The summed E-state index contributed by atoms with van der Waals surface area (Å²) in [5.74, 6) is 0.268. The van der Waals surface area contributed by atoms with E-state index in [2.05, 4.69) is 28.6 Å². The molecule has 0 aliphatic carbocycles. The molecule has 4 atom stereocenters. The van der Waals surface area contributed by atoms with Crippen LogP contribution in [0.25, 0.3) is 0 Å². The van der Waals surface area contributed by atoms with Gasteiger partial charge in [-0.1, -0.05) is 6.07 Å². The van der Waals surface area contributed by atoms with Crippen LogP contribution >= 0.6 is 0 Å². The van der Waals surface area contributed by atoms with Crippen LogP contribution < -0.4 is 0 Å². The van der Waals surface area contributed by atoms with E-state index in [1.54, 1.807) is 6.20 Å². The van der Waals surface area contributed by atoms with Gasteiger partial charge in [0.1, 0.15) is 5.60 Å². The van der Waals surface area contributed by atoms with Gasteiger partial charge in [-0.25, -0.2) is 0 Å². The Morgan fingerprint density at radius 3 is 2.38 bits per heavy atom. The normalized spacial score (nSPS) is 37.7. The number of nitrogens with zero attached hydrogens (tertiary/aromatic N) is 3. The largest absolute Gasteiger partial charge is 0.383 e. The summed E-state index contributed by atoms with van der Waals surface area (Å²) in [6.07, 6.45) is 8.70. The molecule has 26 heavy (non-hydrogen) atoms. The van der Waals surface area contributed by atoms with E-state index in [4.69, 9.17) is 0 Å². The van der Waals surface area contributed by atoms with Crippen LogP contribution in [0.1, 0.15) is 64.5 Å². The number of carbonyl (C=O) groups is 1. The maximum absolute atomic E-state index is 13.0. The van der Waals surface area contributed by atoms with Gasteiger partial charge in [-0.2, -0.15) is 0 Å². The van der Waals surface area contributed by atoms with Crippen molar-refractivity contribution < 1.29 is 9.90 Å². The number of pyridine rings is 1. The molecular weight excluding hydrogens is 326 g/mol. The molecule has 0 unspecified atom stereocenters. The van der Waals surface area contributed by atoms with E-state index in [0.29, 0.717) is 31.5 Å². The van der Waals surface area contributed by atoms with Crippen molar-refractivity contribution in [2.45, 2.75) is 88.6 Å². The molecule has 1 amide bonds. The summed E-state index contributed by atoms with van der Waals surface area (Å²) in [4.78, 5) is 21.9. The number of fused-ring (bicyclic) bond motifs is 2. The SMILES string of the molecule is C[C@@H]1CCC[C@@H](C)N1C(=O)CN1[C@H]2CC[C@H]1CC(O)(c1ccccn1)C2. The Bertz CT molecular complexity index is 626. The Morgan fingerprint density at radius 1 is 1.15 bits per heavy atom. The second kappa shape index (κ2) is 6.93. The first-order valence-corrected chi connectivity index (χ1v) is 10.2. The van der Waals surface area contributed by atoms with Crippen LogP contribution in [0, 0.1) is 0 Å². The highest BCUT2D eigenvalue weighted by molar-refractivity contribution is 5.79. The van der Waals surface area contributed by atoms with E-state index < -0.39 is 5.60 Å². The van der Waals surface area contributed by atoms with E-state index in [0.717, 1.165) is 31.4 Å². The molecule has 0 saturated carbocycles. The second-order valence-electron chi connectivity index (χ2n) is 8.64. The smallest absolute Gasteiger partial charge is 0.237 e. The molecule has 5 nitrogen and oxygen atoms in total. The number of likely N-dealkylation sites (tertiary alicyclic amines) is 1. The Balaban J connectivity index is 1.46. The van der Waals surface area contributed by atoms with Gasteiger partial charge in [-0.3, -0.25) is 14.7 Å². The lowest BCUT2D eigenvalue weighted by Gasteiger charge is -2.45. The van der Waals surface area contributed by atoms with E-state index in [1.165, 1.54) is 6.42 Å². The molecule has 2 bridgehead atoms. The summed E-state index contributed by atoms with van der Waals surface area (Å²) < 4.78 is 0. The van der Waals surface area contributed by atoms with Crippen molar-refractivity contribution in [1.82, 2.24) is 14.8 Å². The van der Waals surface area contributed by atoms with Gasteiger partial charge in [0.05, 0.1) is 12.2 Å². The Kier molecular flexibility index (Phi) is 4.78. The quantitative estimate of drug-likeness (QED) is 0.904. The summed E-state index contributed by atoms with van der Waals surface area (Å²) in [6.45, 7) is 4.86. The molecular formula is C21H31N3O2. The highest BCUT2D eigenvalue weighted by Gasteiger charge is 2.49. The summed E-state index contributed by atoms with van der Waals surface area (Å²) in [6, 6.07) is 7.00. The summed E-state index contributed by atoms with van der Waals surface area (Å²) in [5, 5.41) is 11.2. The molecule has 4 heterocycles. The van der Waals surface area contributed by atoms with Crippen LogP contribution in [0.15, 0.2) is 24.4 Å². The lowest BCUT2D eigenvalue weighted by atomic mass is 9.83. The molecule has 0 aromatic carbocycles. The van der Waals surface area contributed by atoms with Gasteiger partial charge < -0.3 is 10.0 Å². The second-order valence-corrected chi connectivity index (χ2v) is 8.64. The molecule has 0 radical (unpaired) electrons. The fourth-order valence-electron chi connectivity index (χ4n) is 5.57. The number of carbonyl (C=O) groups excluding carboxylic acids is 1. The highest BCUT2D eigenvalue weighted by atomic mass is 16.3. The van der Waals surface area contributed by atoms with Gasteiger partial charge in [0.25, 0.3) is 0 Å². The van der Waals surface area contributed by atoms with Crippen molar-refractivity contribution in [1.29, 1.82) is 0 Å². The molecule has 3 aliphatic rings. The number of aliphatic hydroxyl groups is 1. The fourth-order valence-corrected chi connectivity index (χ4v) is 5.57. The monoisotopic (exact) mass is 357 g/mol. The van der Waals surface area contributed by atoms with Crippen LogP contribution in [0.2, 0.25) is 0 Å². The van der Waals surface area contributed by atoms with Crippen molar-refractivity contribution in [3.05, 3.63) is 30.1 Å². The number of hydrogen-bond donors (Lipinski definition) is 1. The summed E-state index contributed by atoms with van der Waals surface area (Å²) in [5.41, 5.74) is -0.0700.